The fourth-order valence-corrected chi connectivity index (χ4v) is 2.81. The number of hydrogen-bond acceptors (Lipinski definition) is 5. The first-order valence-corrected chi connectivity index (χ1v) is 7.92. The van der Waals surface area contributed by atoms with E-state index in [9.17, 15) is 4.79 Å². The second kappa shape index (κ2) is 6.39. The number of fused-ring (bicyclic) bond motifs is 2. The van der Waals surface area contributed by atoms with E-state index in [-0.39, 0.29) is 19.1 Å². The molecule has 0 atom stereocenters. The van der Waals surface area contributed by atoms with Crippen molar-refractivity contribution in [2.24, 2.45) is 0 Å². The van der Waals surface area contributed by atoms with Crippen molar-refractivity contribution in [3.8, 4) is 17.2 Å². The molecular formula is C19H17NO5. The zero-order chi connectivity index (χ0) is 17.2. The van der Waals surface area contributed by atoms with Crippen molar-refractivity contribution in [1.29, 1.82) is 0 Å². The van der Waals surface area contributed by atoms with Crippen LogP contribution in [0.4, 0.5) is 0 Å². The molecule has 1 N–H and O–H groups in total. The lowest BCUT2D eigenvalue weighted by molar-refractivity contribution is -0.120. The molecule has 0 unspecified atom stereocenters. The second-order valence-corrected chi connectivity index (χ2v) is 5.76. The molecule has 0 bridgehead atoms. The number of amides is 1. The smallest absolute Gasteiger partial charge is 0.231 e. The normalized spacial score (nSPS) is 12.4. The molecule has 25 heavy (non-hydrogen) atoms. The Hall–Kier alpha value is -3.15. The molecule has 4 rings (SSSR count). The van der Waals surface area contributed by atoms with Gasteiger partial charge in [-0.05, 0) is 35.9 Å². The summed E-state index contributed by atoms with van der Waals surface area (Å²) < 4.78 is 21.3. The lowest BCUT2D eigenvalue weighted by Crippen LogP contribution is -2.24. The quantitative estimate of drug-likeness (QED) is 0.774. The van der Waals surface area contributed by atoms with Gasteiger partial charge in [-0.15, -0.1) is 0 Å². The van der Waals surface area contributed by atoms with Gasteiger partial charge < -0.3 is 23.9 Å². The molecule has 6 nitrogen and oxygen atoms in total. The van der Waals surface area contributed by atoms with Crippen LogP contribution in [0.15, 0.2) is 47.1 Å². The number of furan rings is 1. The average Bonchev–Trinajstić information content (AvgIpc) is 3.26. The van der Waals surface area contributed by atoms with Crippen LogP contribution in [0.1, 0.15) is 11.1 Å². The van der Waals surface area contributed by atoms with E-state index in [1.165, 1.54) is 0 Å². The fourth-order valence-electron chi connectivity index (χ4n) is 2.81. The highest BCUT2D eigenvalue weighted by Crippen LogP contribution is 2.32. The van der Waals surface area contributed by atoms with Crippen molar-refractivity contribution < 1.29 is 23.4 Å². The third-order valence-electron chi connectivity index (χ3n) is 4.14. The van der Waals surface area contributed by atoms with E-state index in [0.29, 0.717) is 12.3 Å². The van der Waals surface area contributed by atoms with Gasteiger partial charge in [0.1, 0.15) is 11.3 Å². The Labute approximate surface area is 144 Å². The van der Waals surface area contributed by atoms with Gasteiger partial charge in [0.25, 0.3) is 0 Å². The van der Waals surface area contributed by atoms with Crippen LogP contribution >= 0.6 is 0 Å². The molecule has 3 aromatic rings. The highest BCUT2D eigenvalue weighted by atomic mass is 16.7. The van der Waals surface area contributed by atoms with Gasteiger partial charge in [-0.2, -0.15) is 0 Å². The van der Waals surface area contributed by atoms with E-state index in [0.717, 1.165) is 33.6 Å². The maximum Gasteiger partial charge on any atom is 0.231 e. The molecule has 1 amide bonds. The van der Waals surface area contributed by atoms with Gasteiger partial charge in [0, 0.05) is 17.5 Å². The van der Waals surface area contributed by atoms with Gasteiger partial charge in [-0.25, -0.2) is 0 Å². The number of carbonyl (C=O) groups excluding carboxylic acids is 1. The van der Waals surface area contributed by atoms with Crippen LogP contribution in [0.5, 0.6) is 17.2 Å². The third kappa shape index (κ3) is 3.10. The highest BCUT2D eigenvalue weighted by molar-refractivity contribution is 5.88. The maximum absolute atomic E-state index is 12.3. The van der Waals surface area contributed by atoms with Crippen molar-refractivity contribution in [2.45, 2.75) is 13.0 Å². The predicted octanol–water partition coefficient (Wildman–Crippen LogP) is 3.03. The summed E-state index contributed by atoms with van der Waals surface area (Å²) in [6.45, 7) is 0.663. The number of carbonyl (C=O) groups is 1. The summed E-state index contributed by atoms with van der Waals surface area (Å²) >= 11 is 0. The molecule has 0 radical (unpaired) electrons. The Balaban J connectivity index is 1.42. The Morgan fingerprint density at radius 1 is 1.16 bits per heavy atom. The maximum atomic E-state index is 12.3. The summed E-state index contributed by atoms with van der Waals surface area (Å²) in [5, 5.41) is 3.80. The molecule has 6 heteroatoms. The van der Waals surface area contributed by atoms with E-state index in [4.69, 9.17) is 18.6 Å². The zero-order valence-electron chi connectivity index (χ0n) is 13.7. The fraction of sp³-hybridized carbons (Fsp3) is 0.211. The number of methoxy groups -OCH3 is 1. The predicted molar refractivity (Wildman–Crippen MR) is 90.9 cm³/mol. The minimum absolute atomic E-state index is 0.0804. The van der Waals surface area contributed by atoms with Crippen LogP contribution in [0.25, 0.3) is 11.0 Å². The molecule has 128 valence electrons. The van der Waals surface area contributed by atoms with Crippen molar-refractivity contribution in [1.82, 2.24) is 5.32 Å². The molecule has 0 spiro atoms. The Kier molecular flexibility index (Phi) is 3.93. The molecule has 1 aliphatic rings. The zero-order valence-corrected chi connectivity index (χ0v) is 13.7. The summed E-state index contributed by atoms with van der Waals surface area (Å²) in [5.41, 5.74) is 2.52. The molecule has 0 aliphatic carbocycles. The topological polar surface area (TPSA) is 69.9 Å². The largest absolute Gasteiger partial charge is 0.497 e. The lowest BCUT2D eigenvalue weighted by Gasteiger charge is -2.06. The molecule has 1 aromatic heterocycles. The van der Waals surface area contributed by atoms with Crippen LogP contribution in [-0.4, -0.2) is 19.8 Å². The van der Waals surface area contributed by atoms with Crippen LogP contribution in [0, 0.1) is 0 Å². The van der Waals surface area contributed by atoms with Gasteiger partial charge in [0.05, 0.1) is 19.8 Å². The van der Waals surface area contributed by atoms with Gasteiger partial charge in [-0.3, -0.25) is 4.79 Å². The first-order chi connectivity index (χ1) is 12.2. The molecule has 2 heterocycles. The van der Waals surface area contributed by atoms with Crippen molar-refractivity contribution in [3.63, 3.8) is 0 Å². The SMILES string of the molecule is COc1ccc2occ(CC(=O)NCc3ccc4c(c3)OCO4)c2c1. The van der Waals surface area contributed by atoms with E-state index < -0.39 is 0 Å². The molecule has 0 saturated carbocycles. The number of hydrogen-bond donors (Lipinski definition) is 1. The summed E-state index contributed by atoms with van der Waals surface area (Å²) in [6.07, 6.45) is 1.86. The summed E-state index contributed by atoms with van der Waals surface area (Å²) in [6, 6.07) is 11.2. The summed E-state index contributed by atoms with van der Waals surface area (Å²) in [5.74, 6) is 2.09. The number of rotatable bonds is 5. The van der Waals surface area contributed by atoms with E-state index in [2.05, 4.69) is 5.32 Å². The molecule has 0 saturated heterocycles. The van der Waals surface area contributed by atoms with Gasteiger partial charge in [0.2, 0.25) is 12.7 Å². The second-order valence-electron chi connectivity index (χ2n) is 5.76. The summed E-state index contributed by atoms with van der Waals surface area (Å²) in [7, 11) is 1.61. The van der Waals surface area contributed by atoms with Gasteiger partial charge in [0.15, 0.2) is 11.5 Å². The average molecular weight is 339 g/mol. The van der Waals surface area contributed by atoms with Crippen molar-refractivity contribution >= 4 is 16.9 Å². The highest BCUT2D eigenvalue weighted by Gasteiger charge is 2.14. The van der Waals surface area contributed by atoms with Crippen molar-refractivity contribution in [3.05, 3.63) is 53.8 Å². The standard InChI is InChI=1S/C19H17NO5/c1-22-14-3-5-16-15(8-14)13(10-23-16)7-19(21)20-9-12-2-4-17-18(6-12)25-11-24-17/h2-6,8,10H,7,9,11H2,1H3,(H,20,21). The molecule has 1 aliphatic heterocycles. The minimum Gasteiger partial charge on any atom is -0.497 e. The van der Waals surface area contributed by atoms with E-state index in [1.54, 1.807) is 13.4 Å². The Morgan fingerprint density at radius 2 is 2.04 bits per heavy atom. The van der Waals surface area contributed by atoms with E-state index in [1.807, 2.05) is 36.4 Å². The van der Waals surface area contributed by atoms with Crippen LogP contribution in [-0.2, 0) is 17.8 Å². The first-order valence-electron chi connectivity index (χ1n) is 7.92. The third-order valence-corrected chi connectivity index (χ3v) is 4.14. The lowest BCUT2D eigenvalue weighted by atomic mass is 10.1. The minimum atomic E-state index is -0.0804. The Bertz CT molecular complexity index is 931. The van der Waals surface area contributed by atoms with Crippen LogP contribution in [0.2, 0.25) is 0 Å². The molecule has 2 aromatic carbocycles. The van der Waals surface area contributed by atoms with E-state index >= 15 is 0 Å². The van der Waals surface area contributed by atoms with Gasteiger partial charge >= 0.3 is 0 Å². The van der Waals surface area contributed by atoms with Crippen molar-refractivity contribution in [2.75, 3.05) is 13.9 Å². The number of benzene rings is 2. The molecule has 0 fully saturated rings. The van der Waals surface area contributed by atoms with Crippen LogP contribution in [0.3, 0.4) is 0 Å². The summed E-state index contributed by atoms with van der Waals surface area (Å²) in [4.78, 5) is 12.3. The number of nitrogens with one attached hydrogen (secondary N) is 1. The number of ether oxygens (including phenoxy) is 3. The Morgan fingerprint density at radius 3 is 2.92 bits per heavy atom. The molecular weight excluding hydrogens is 322 g/mol. The van der Waals surface area contributed by atoms with Gasteiger partial charge in [-0.1, -0.05) is 6.07 Å². The first kappa shape index (κ1) is 15.4. The van der Waals surface area contributed by atoms with Crippen LogP contribution < -0.4 is 19.5 Å². The monoisotopic (exact) mass is 339 g/mol.